The summed E-state index contributed by atoms with van der Waals surface area (Å²) in [7, 11) is -4.07. The van der Waals surface area contributed by atoms with E-state index >= 15 is 0 Å². The van der Waals surface area contributed by atoms with Crippen LogP contribution in [-0.2, 0) is 27.4 Å². The highest BCUT2D eigenvalue weighted by molar-refractivity contribution is 7.90. The van der Waals surface area contributed by atoms with Gasteiger partial charge in [-0.15, -0.1) is 0 Å². The highest BCUT2D eigenvalue weighted by Crippen LogP contribution is 2.38. The number of sulfonamides is 1. The van der Waals surface area contributed by atoms with E-state index in [1.807, 2.05) is 11.6 Å². The molecule has 0 radical (unpaired) electrons. The quantitative estimate of drug-likeness (QED) is 0.218. The molecule has 0 saturated carbocycles. The van der Waals surface area contributed by atoms with Crippen LogP contribution in [0.3, 0.4) is 0 Å². The van der Waals surface area contributed by atoms with E-state index in [4.69, 9.17) is 16.3 Å². The number of nitrogens with one attached hydrogen (secondary N) is 1. The number of imidazole rings is 1. The predicted octanol–water partition coefficient (Wildman–Crippen LogP) is 6.73. The van der Waals surface area contributed by atoms with Crippen LogP contribution in [0.4, 0.5) is 18.0 Å². The Balaban J connectivity index is 1.34. The van der Waals surface area contributed by atoms with Crippen molar-refractivity contribution in [3.05, 3.63) is 107 Å². The fraction of sp³-hybridized carbons (Fsp3) is 0.138. The van der Waals surface area contributed by atoms with Crippen molar-refractivity contribution in [1.29, 1.82) is 0 Å². The SMILES string of the molecule is Cc1ccc(S(=O)(=O)NC(=O)OCCc2ccc(-n3c(-c4ccccn4)nc4cc(C(F)(F)F)c(Cl)cc43)cc2)cc1. The number of pyridine rings is 1. The Bertz CT molecular complexity index is 1860. The van der Waals surface area contributed by atoms with E-state index in [0.29, 0.717) is 22.7 Å². The first kappa shape index (κ1) is 29.1. The third-order valence-electron chi connectivity index (χ3n) is 6.31. The van der Waals surface area contributed by atoms with E-state index in [1.54, 1.807) is 65.4 Å². The Morgan fingerprint density at radius 3 is 2.38 bits per heavy atom. The van der Waals surface area contributed by atoms with Crippen molar-refractivity contribution in [1.82, 2.24) is 19.3 Å². The molecule has 1 N–H and O–H groups in total. The Kier molecular flexibility index (Phi) is 7.93. The van der Waals surface area contributed by atoms with Crippen LogP contribution in [0.2, 0.25) is 5.02 Å². The van der Waals surface area contributed by atoms with Gasteiger partial charge in [-0.25, -0.2) is 22.9 Å². The average Bonchev–Trinajstić information content (AvgIpc) is 3.31. The van der Waals surface area contributed by atoms with Gasteiger partial charge in [-0.3, -0.25) is 9.55 Å². The largest absolute Gasteiger partial charge is 0.448 e. The molecule has 2 heterocycles. The number of ether oxygens (including phenoxy) is 1. The minimum absolute atomic E-state index is 0.0614. The zero-order chi connectivity index (χ0) is 30.1. The molecule has 2 aromatic heterocycles. The van der Waals surface area contributed by atoms with Gasteiger partial charge in [0.2, 0.25) is 0 Å². The highest BCUT2D eigenvalue weighted by atomic mass is 35.5. The van der Waals surface area contributed by atoms with E-state index in [2.05, 4.69) is 9.97 Å². The average molecular weight is 615 g/mol. The Morgan fingerprint density at radius 2 is 1.74 bits per heavy atom. The third-order valence-corrected chi connectivity index (χ3v) is 7.95. The molecule has 0 aliphatic heterocycles. The molecule has 5 rings (SSSR count). The van der Waals surface area contributed by atoms with E-state index in [9.17, 15) is 26.4 Å². The first-order chi connectivity index (χ1) is 19.9. The summed E-state index contributed by atoms with van der Waals surface area (Å²) in [5, 5.41) is -0.458. The van der Waals surface area contributed by atoms with Crippen LogP contribution >= 0.6 is 11.6 Å². The van der Waals surface area contributed by atoms with Crippen molar-refractivity contribution in [2.75, 3.05) is 6.61 Å². The first-order valence-electron chi connectivity index (χ1n) is 12.5. The fourth-order valence-corrected chi connectivity index (χ4v) is 5.39. The lowest BCUT2D eigenvalue weighted by Crippen LogP contribution is -2.31. The molecule has 0 saturated heterocycles. The zero-order valence-corrected chi connectivity index (χ0v) is 23.5. The van der Waals surface area contributed by atoms with Gasteiger partial charge >= 0.3 is 12.3 Å². The van der Waals surface area contributed by atoms with Gasteiger partial charge in [-0.05, 0) is 61.0 Å². The summed E-state index contributed by atoms with van der Waals surface area (Å²) in [5.74, 6) is 0.323. The smallest absolute Gasteiger partial charge is 0.421 e. The van der Waals surface area contributed by atoms with Crippen molar-refractivity contribution in [2.24, 2.45) is 0 Å². The van der Waals surface area contributed by atoms with Crippen LogP contribution < -0.4 is 4.72 Å². The summed E-state index contributed by atoms with van der Waals surface area (Å²) < 4.78 is 73.8. The van der Waals surface area contributed by atoms with Crippen molar-refractivity contribution >= 4 is 38.8 Å². The lowest BCUT2D eigenvalue weighted by Gasteiger charge is -2.12. The number of amides is 1. The third kappa shape index (κ3) is 6.24. The van der Waals surface area contributed by atoms with Gasteiger partial charge in [0.15, 0.2) is 5.82 Å². The van der Waals surface area contributed by atoms with E-state index < -0.39 is 32.9 Å². The molecule has 42 heavy (non-hydrogen) atoms. The van der Waals surface area contributed by atoms with Gasteiger partial charge in [0.05, 0.1) is 33.1 Å². The van der Waals surface area contributed by atoms with Crippen molar-refractivity contribution < 1.29 is 31.1 Å². The second kappa shape index (κ2) is 11.5. The van der Waals surface area contributed by atoms with Gasteiger partial charge in [-0.2, -0.15) is 13.2 Å². The normalized spacial score (nSPS) is 11.9. The molecule has 3 aromatic carbocycles. The van der Waals surface area contributed by atoms with Gasteiger partial charge < -0.3 is 4.74 Å². The molecule has 1 amide bonds. The number of fused-ring (bicyclic) bond motifs is 1. The molecular formula is C29H22ClF3N4O4S. The summed E-state index contributed by atoms with van der Waals surface area (Å²) in [6, 6.07) is 20.3. The topological polar surface area (TPSA) is 103 Å². The number of hydrogen-bond donors (Lipinski definition) is 1. The van der Waals surface area contributed by atoms with Gasteiger partial charge in [0.1, 0.15) is 5.69 Å². The molecule has 0 bridgehead atoms. The molecule has 0 atom stereocenters. The minimum Gasteiger partial charge on any atom is -0.448 e. The Hall–Kier alpha value is -4.42. The Morgan fingerprint density at radius 1 is 1.02 bits per heavy atom. The van der Waals surface area contributed by atoms with Crippen molar-refractivity contribution in [3.63, 3.8) is 0 Å². The highest BCUT2D eigenvalue weighted by Gasteiger charge is 2.34. The number of benzene rings is 3. The van der Waals surface area contributed by atoms with Crippen LogP contribution in [0.5, 0.6) is 0 Å². The van der Waals surface area contributed by atoms with Crippen LogP contribution in [-0.4, -0.2) is 35.7 Å². The lowest BCUT2D eigenvalue weighted by atomic mass is 10.1. The molecular weight excluding hydrogens is 593 g/mol. The van der Waals surface area contributed by atoms with Gasteiger partial charge in [0, 0.05) is 18.3 Å². The van der Waals surface area contributed by atoms with Crippen molar-refractivity contribution in [2.45, 2.75) is 24.4 Å². The van der Waals surface area contributed by atoms with Gasteiger partial charge in [0.25, 0.3) is 10.0 Å². The lowest BCUT2D eigenvalue weighted by molar-refractivity contribution is -0.137. The second-order valence-corrected chi connectivity index (χ2v) is 11.4. The molecule has 0 unspecified atom stereocenters. The molecule has 0 fully saturated rings. The molecule has 0 spiro atoms. The fourth-order valence-electron chi connectivity index (χ4n) is 4.23. The van der Waals surface area contributed by atoms with E-state index in [-0.39, 0.29) is 23.4 Å². The first-order valence-corrected chi connectivity index (χ1v) is 14.3. The molecule has 13 heteroatoms. The number of aryl methyl sites for hydroxylation is 1. The van der Waals surface area contributed by atoms with Crippen LogP contribution in [0.1, 0.15) is 16.7 Å². The number of carbonyl (C=O) groups excluding carboxylic acids is 1. The van der Waals surface area contributed by atoms with Crippen LogP contribution in [0, 0.1) is 6.92 Å². The zero-order valence-electron chi connectivity index (χ0n) is 21.9. The predicted molar refractivity (Wildman–Crippen MR) is 151 cm³/mol. The number of alkyl halides is 3. The van der Waals surface area contributed by atoms with Crippen LogP contribution in [0.25, 0.3) is 28.2 Å². The summed E-state index contributed by atoms with van der Waals surface area (Å²) in [5.41, 5.74) is 2.13. The standard InChI is InChI=1S/C29H22ClF3N4O4S/c1-18-5-11-21(12-6-18)42(39,40)36-28(38)41-15-13-19-7-9-20(10-8-19)37-26-17-23(30)22(29(31,32)33)16-25(26)35-27(37)24-4-2-3-14-34-24/h2-12,14,16-17H,13,15H2,1H3,(H,36,38). The summed E-state index contributed by atoms with van der Waals surface area (Å²) >= 11 is 6.03. The maximum absolute atomic E-state index is 13.5. The maximum atomic E-state index is 13.5. The minimum atomic E-state index is -4.65. The number of nitrogens with zero attached hydrogens (tertiary/aromatic N) is 3. The number of carbonyl (C=O) groups is 1. The summed E-state index contributed by atoms with van der Waals surface area (Å²) in [6.07, 6.45) is -3.92. The molecule has 0 aliphatic rings. The van der Waals surface area contributed by atoms with Gasteiger partial charge in [-0.1, -0.05) is 47.5 Å². The number of aromatic nitrogens is 3. The monoisotopic (exact) mass is 614 g/mol. The maximum Gasteiger partial charge on any atom is 0.421 e. The second-order valence-electron chi connectivity index (χ2n) is 9.28. The van der Waals surface area contributed by atoms with E-state index in [0.717, 1.165) is 17.2 Å². The van der Waals surface area contributed by atoms with E-state index in [1.165, 1.54) is 18.2 Å². The molecule has 8 nitrogen and oxygen atoms in total. The summed E-state index contributed by atoms with van der Waals surface area (Å²) in [6.45, 7) is 1.71. The Labute approximate surface area is 243 Å². The summed E-state index contributed by atoms with van der Waals surface area (Å²) in [4.78, 5) is 20.8. The molecule has 5 aromatic rings. The van der Waals surface area contributed by atoms with Crippen LogP contribution in [0.15, 0.2) is 90.0 Å². The number of rotatable bonds is 7. The molecule has 0 aliphatic carbocycles. The van der Waals surface area contributed by atoms with Crippen molar-refractivity contribution in [3.8, 4) is 17.2 Å². The molecule has 216 valence electrons. The number of halogens is 4. The number of hydrogen-bond acceptors (Lipinski definition) is 6.